The number of carbonyl (C=O) groups is 2. The first-order chi connectivity index (χ1) is 12.7. The standard InChI is InChI=1S/C17H17N3O6S/c1-25-14-6-4-11(8-13(14)20-27(2,23)24)18-17(22)10-3-5-12-15(7-10)26-9-16(21)19-12/h3-8,20H,9H2,1-2H3,(H,18,22)(H,19,21). The normalized spacial score (nSPS) is 13.0. The third kappa shape index (κ3) is 4.47. The number of hydrogen-bond acceptors (Lipinski definition) is 6. The molecule has 1 heterocycles. The fraction of sp³-hybridized carbons (Fsp3) is 0.176. The molecule has 9 nitrogen and oxygen atoms in total. The molecule has 0 spiro atoms. The highest BCUT2D eigenvalue weighted by atomic mass is 32.2. The van der Waals surface area contributed by atoms with Gasteiger partial charge in [0.15, 0.2) is 6.61 Å². The second-order valence-electron chi connectivity index (χ2n) is 5.79. The van der Waals surface area contributed by atoms with Crippen molar-refractivity contribution in [2.45, 2.75) is 0 Å². The first kappa shape index (κ1) is 18.5. The Morgan fingerprint density at radius 3 is 2.70 bits per heavy atom. The molecule has 2 amide bonds. The lowest BCUT2D eigenvalue weighted by atomic mass is 10.1. The molecule has 10 heteroatoms. The largest absolute Gasteiger partial charge is 0.495 e. The zero-order valence-corrected chi connectivity index (χ0v) is 15.3. The van der Waals surface area contributed by atoms with Gasteiger partial charge in [0.1, 0.15) is 11.5 Å². The zero-order chi connectivity index (χ0) is 19.6. The fourth-order valence-corrected chi connectivity index (χ4v) is 3.04. The van der Waals surface area contributed by atoms with Crippen LogP contribution >= 0.6 is 0 Å². The molecule has 3 rings (SSSR count). The average Bonchev–Trinajstić information content (AvgIpc) is 2.60. The molecule has 2 aromatic carbocycles. The van der Waals surface area contributed by atoms with Crippen LogP contribution in [0, 0.1) is 0 Å². The maximum Gasteiger partial charge on any atom is 0.262 e. The number of carbonyl (C=O) groups excluding carboxylic acids is 2. The molecule has 142 valence electrons. The molecule has 0 bridgehead atoms. The molecule has 0 atom stereocenters. The molecule has 0 aliphatic carbocycles. The molecule has 1 aliphatic heterocycles. The van der Waals surface area contributed by atoms with E-state index in [2.05, 4.69) is 15.4 Å². The van der Waals surface area contributed by atoms with Crippen molar-refractivity contribution >= 4 is 38.9 Å². The Bertz CT molecular complexity index is 1020. The van der Waals surface area contributed by atoms with E-state index in [0.29, 0.717) is 28.4 Å². The molecule has 3 N–H and O–H groups in total. The molecule has 0 saturated heterocycles. The maximum atomic E-state index is 12.5. The van der Waals surface area contributed by atoms with E-state index < -0.39 is 15.9 Å². The summed E-state index contributed by atoms with van der Waals surface area (Å²) in [5.74, 6) is 0.0328. The topological polar surface area (TPSA) is 123 Å². The van der Waals surface area contributed by atoms with Crippen LogP contribution in [0.5, 0.6) is 11.5 Å². The molecule has 0 unspecified atom stereocenters. The summed E-state index contributed by atoms with van der Waals surface area (Å²) in [6, 6.07) is 9.21. The molecule has 1 aliphatic rings. The van der Waals surface area contributed by atoms with Crippen molar-refractivity contribution in [3.8, 4) is 11.5 Å². The summed E-state index contributed by atoms with van der Waals surface area (Å²) in [5.41, 5.74) is 1.39. The minimum Gasteiger partial charge on any atom is -0.495 e. The van der Waals surface area contributed by atoms with Crippen LogP contribution in [0.4, 0.5) is 17.1 Å². The first-order valence-electron chi connectivity index (χ1n) is 7.79. The monoisotopic (exact) mass is 391 g/mol. The van der Waals surface area contributed by atoms with E-state index in [1.807, 2.05) is 0 Å². The Labute approximate surface area is 155 Å². The van der Waals surface area contributed by atoms with E-state index in [0.717, 1.165) is 6.26 Å². The van der Waals surface area contributed by atoms with Crippen LogP contribution in [0.2, 0.25) is 0 Å². The third-order valence-electron chi connectivity index (χ3n) is 3.63. The van der Waals surface area contributed by atoms with Gasteiger partial charge < -0.3 is 20.1 Å². The van der Waals surface area contributed by atoms with E-state index in [4.69, 9.17) is 9.47 Å². The van der Waals surface area contributed by atoms with Gasteiger partial charge in [0.05, 0.1) is 24.7 Å². The minimum atomic E-state index is -3.52. The SMILES string of the molecule is COc1ccc(NC(=O)c2ccc3c(c2)OCC(=O)N3)cc1NS(C)(=O)=O. The van der Waals surface area contributed by atoms with Crippen molar-refractivity contribution in [3.05, 3.63) is 42.0 Å². The van der Waals surface area contributed by atoms with Crippen molar-refractivity contribution in [3.63, 3.8) is 0 Å². The fourth-order valence-electron chi connectivity index (χ4n) is 2.48. The highest BCUT2D eigenvalue weighted by Crippen LogP contribution is 2.30. The van der Waals surface area contributed by atoms with Gasteiger partial charge in [-0.2, -0.15) is 0 Å². The van der Waals surface area contributed by atoms with E-state index in [1.165, 1.54) is 25.3 Å². The van der Waals surface area contributed by atoms with Crippen molar-refractivity contribution in [2.24, 2.45) is 0 Å². The maximum absolute atomic E-state index is 12.5. The van der Waals surface area contributed by atoms with Crippen molar-refractivity contribution in [1.82, 2.24) is 0 Å². The molecule has 0 radical (unpaired) electrons. The Hall–Kier alpha value is -3.27. The van der Waals surface area contributed by atoms with Crippen LogP contribution < -0.4 is 24.8 Å². The van der Waals surface area contributed by atoms with Crippen LogP contribution in [0.25, 0.3) is 0 Å². The predicted octanol–water partition coefficient (Wildman–Crippen LogP) is 1.65. The number of nitrogens with one attached hydrogen (secondary N) is 3. The van der Waals surface area contributed by atoms with Gasteiger partial charge in [-0.25, -0.2) is 8.42 Å². The number of rotatable bonds is 5. The molecule has 2 aromatic rings. The molecule has 0 saturated carbocycles. The smallest absolute Gasteiger partial charge is 0.262 e. The van der Waals surface area contributed by atoms with Gasteiger partial charge in [-0.3, -0.25) is 14.3 Å². The van der Waals surface area contributed by atoms with E-state index in [-0.39, 0.29) is 18.2 Å². The Balaban J connectivity index is 1.82. The Morgan fingerprint density at radius 2 is 2.00 bits per heavy atom. The van der Waals surface area contributed by atoms with Gasteiger partial charge in [-0.1, -0.05) is 0 Å². The number of amides is 2. The minimum absolute atomic E-state index is 0.114. The van der Waals surface area contributed by atoms with Gasteiger partial charge in [-0.15, -0.1) is 0 Å². The van der Waals surface area contributed by atoms with Crippen molar-refractivity contribution < 1.29 is 27.5 Å². The van der Waals surface area contributed by atoms with Crippen molar-refractivity contribution in [2.75, 3.05) is 35.3 Å². The van der Waals surface area contributed by atoms with E-state index >= 15 is 0 Å². The number of benzene rings is 2. The first-order valence-corrected chi connectivity index (χ1v) is 9.68. The summed E-state index contributed by atoms with van der Waals surface area (Å²) in [4.78, 5) is 23.8. The molecule has 0 aromatic heterocycles. The van der Waals surface area contributed by atoms with Gasteiger partial charge >= 0.3 is 0 Å². The highest BCUT2D eigenvalue weighted by molar-refractivity contribution is 7.92. The van der Waals surface area contributed by atoms with Crippen molar-refractivity contribution in [1.29, 1.82) is 0 Å². The lowest BCUT2D eigenvalue weighted by Crippen LogP contribution is -2.25. The van der Waals surface area contributed by atoms with Crippen LogP contribution in [0.1, 0.15) is 10.4 Å². The number of methoxy groups -OCH3 is 1. The van der Waals surface area contributed by atoms with Crippen LogP contribution in [-0.2, 0) is 14.8 Å². The van der Waals surface area contributed by atoms with Crippen LogP contribution in [-0.4, -0.2) is 40.2 Å². The summed E-state index contributed by atoms with van der Waals surface area (Å²) in [6.45, 7) is -0.114. The van der Waals surface area contributed by atoms with Gasteiger partial charge in [0.25, 0.3) is 11.8 Å². The molecular formula is C17H17N3O6S. The van der Waals surface area contributed by atoms with Crippen LogP contribution in [0.15, 0.2) is 36.4 Å². The summed E-state index contributed by atoms with van der Waals surface area (Å²) >= 11 is 0. The van der Waals surface area contributed by atoms with Gasteiger partial charge in [-0.05, 0) is 36.4 Å². The zero-order valence-electron chi connectivity index (χ0n) is 14.5. The van der Waals surface area contributed by atoms with E-state index in [9.17, 15) is 18.0 Å². The third-order valence-corrected chi connectivity index (χ3v) is 4.22. The molecular weight excluding hydrogens is 374 g/mol. The number of anilines is 3. The number of sulfonamides is 1. The second-order valence-corrected chi connectivity index (χ2v) is 7.54. The summed E-state index contributed by atoms with van der Waals surface area (Å²) < 4.78 is 35.7. The summed E-state index contributed by atoms with van der Waals surface area (Å²) in [6.07, 6.45) is 1.02. The Morgan fingerprint density at radius 1 is 1.22 bits per heavy atom. The lowest BCUT2D eigenvalue weighted by Gasteiger charge is -2.18. The average molecular weight is 391 g/mol. The number of fused-ring (bicyclic) bond motifs is 1. The van der Waals surface area contributed by atoms with E-state index in [1.54, 1.807) is 18.2 Å². The summed E-state index contributed by atoms with van der Waals surface area (Å²) in [7, 11) is -2.11. The lowest BCUT2D eigenvalue weighted by molar-refractivity contribution is -0.118. The predicted molar refractivity (Wildman–Crippen MR) is 100.0 cm³/mol. The molecule has 0 fully saturated rings. The Kier molecular flexibility index (Phi) is 4.91. The molecule has 27 heavy (non-hydrogen) atoms. The quantitative estimate of drug-likeness (QED) is 0.712. The highest BCUT2D eigenvalue weighted by Gasteiger charge is 2.18. The second kappa shape index (κ2) is 7.16. The van der Waals surface area contributed by atoms with Gasteiger partial charge in [0, 0.05) is 11.3 Å². The number of ether oxygens (including phenoxy) is 2. The van der Waals surface area contributed by atoms with Crippen LogP contribution in [0.3, 0.4) is 0 Å². The van der Waals surface area contributed by atoms with Gasteiger partial charge in [0.2, 0.25) is 10.0 Å². The summed E-state index contributed by atoms with van der Waals surface area (Å²) in [5, 5.41) is 5.32. The number of hydrogen-bond donors (Lipinski definition) is 3.